The highest BCUT2D eigenvalue weighted by molar-refractivity contribution is 6.30. The van der Waals surface area contributed by atoms with Crippen LogP contribution in [0.4, 0.5) is 5.69 Å². The summed E-state index contributed by atoms with van der Waals surface area (Å²) in [4.78, 5) is 17.2. The molecule has 1 unspecified atom stereocenters. The Kier molecular flexibility index (Phi) is 7.46. The van der Waals surface area contributed by atoms with Crippen LogP contribution in [0.2, 0.25) is 5.02 Å². The van der Waals surface area contributed by atoms with Crippen LogP contribution in [-0.2, 0) is 0 Å². The predicted molar refractivity (Wildman–Crippen MR) is 115 cm³/mol. The largest absolute Gasteiger partial charge is 0.497 e. The summed E-state index contributed by atoms with van der Waals surface area (Å²) in [6, 6.07) is 13.8. The molecule has 3 N–H and O–H groups in total. The van der Waals surface area contributed by atoms with Crippen LogP contribution in [0.5, 0.6) is 5.75 Å². The van der Waals surface area contributed by atoms with E-state index in [-0.39, 0.29) is 11.9 Å². The van der Waals surface area contributed by atoms with Crippen LogP contribution >= 0.6 is 11.6 Å². The first-order chi connectivity index (χ1) is 13.7. The molecule has 0 heterocycles. The van der Waals surface area contributed by atoms with Crippen molar-refractivity contribution in [3.8, 4) is 11.9 Å². The molecule has 152 valence electrons. The molecule has 2 aromatic carbocycles. The molecule has 0 aliphatic rings. The molecule has 0 saturated heterocycles. The molecule has 1 amide bonds. The van der Waals surface area contributed by atoms with Crippen molar-refractivity contribution in [2.75, 3.05) is 12.4 Å². The Labute approximate surface area is 175 Å². The fourth-order valence-corrected chi connectivity index (χ4v) is 2.49. The number of hydrogen-bond acceptors (Lipinski definition) is 4. The second kappa shape index (κ2) is 9.80. The van der Waals surface area contributed by atoms with Crippen LogP contribution in [0.25, 0.3) is 0 Å². The van der Waals surface area contributed by atoms with Gasteiger partial charge in [0, 0.05) is 27.8 Å². The number of carbonyl (C=O) groups excluding carboxylic acids is 1. The number of anilines is 1. The molecule has 8 heteroatoms. The molecule has 0 aliphatic carbocycles. The first-order valence-corrected chi connectivity index (χ1v) is 9.31. The van der Waals surface area contributed by atoms with Crippen LogP contribution in [0.15, 0.2) is 53.5 Å². The highest BCUT2D eigenvalue weighted by Gasteiger charge is 2.27. The molecule has 0 spiro atoms. The van der Waals surface area contributed by atoms with Gasteiger partial charge in [-0.2, -0.15) is 5.26 Å². The number of nitrogens with zero attached hydrogens (tertiary/aromatic N) is 2. The third kappa shape index (κ3) is 6.70. The number of nitrogens with one attached hydrogen (secondary N) is 3. The van der Waals surface area contributed by atoms with Crippen molar-refractivity contribution in [2.24, 2.45) is 10.4 Å². The molecular weight excluding hydrogens is 390 g/mol. The van der Waals surface area contributed by atoms with Gasteiger partial charge in [-0.3, -0.25) is 10.1 Å². The molecular formula is C21H24ClN5O2. The summed E-state index contributed by atoms with van der Waals surface area (Å²) in [6.45, 7) is 5.83. The molecule has 0 bridgehead atoms. The quantitative estimate of drug-likeness (QED) is 0.298. The van der Waals surface area contributed by atoms with Crippen LogP contribution in [0.1, 0.15) is 31.1 Å². The Morgan fingerprint density at radius 3 is 2.48 bits per heavy atom. The lowest BCUT2D eigenvalue weighted by Crippen LogP contribution is -2.44. The van der Waals surface area contributed by atoms with Gasteiger partial charge in [0.2, 0.25) is 5.96 Å². The SMILES string of the molecule is COc1cccc(N/C(=N/C(NC(=O)c2ccc(Cl)cc2)C(C)(C)C)NC#N)c1. The van der Waals surface area contributed by atoms with E-state index in [1.165, 1.54) is 0 Å². The molecule has 0 radical (unpaired) electrons. The summed E-state index contributed by atoms with van der Waals surface area (Å²) >= 11 is 5.89. The number of hydrogen-bond donors (Lipinski definition) is 3. The number of benzene rings is 2. The molecule has 7 nitrogen and oxygen atoms in total. The van der Waals surface area contributed by atoms with Gasteiger partial charge < -0.3 is 15.4 Å². The molecule has 0 fully saturated rings. The first kappa shape index (κ1) is 22.1. The van der Waals surface area contributed by atoms with E-state index < -0.39 is 11.6 Å². The number of guanidine groups is 1. The maximum absolute atomic E-state index is 12.6. The lowest BCUT2D eigenvalue weighted by Gasteiger charge is -2.29. The summed E-state index contributed by atoms with van der Waals surface area (Å²) in [6.07, 6.45) is 1.25. The third-order valence-corrected chi connectivity index (χ3v) is 4.21. The van der Waals surface area contributed by atoms with E-state index >= 15 is 0 Å². The zero-order chi connectivity index (χ0) is 21.4. The Morgan fingerprint density at radius 2 is 1.90 bits per heavy atom. The number of aliphatic imine (C=N–C) groups is 1. The van der Waals surface area contributed by atoms with E-state index in [9.17, 15) is 4.79 Å². The highest BCUT2D eigenvalue weighted by atomic mass is 35.5. The fraction of sp³-hybridized carbons (Fsp3) is 0.286. The van der Waals surface area contributed by atoms with Gasteiger partial charge in [0.05, 0.1) is 7.11 Å². The predicted octanol–water partition coefficient (Wildman–Crippen LogP) is 3.99. The Bertz CT molecular complexity index is 914. The minimum Gasteiger partial charge on any atom is -0.497 e. The van der Waals surface area contributed by atoms with Crippen LogP contribution in [0, 0.1) is 16.9 Å². The van der Waals surface area contributed by atoms with Gasteiger partial charge in [-0.15, -0.1) is 0 Å². The molecule has 1 atom stereocenters. The first-order valence-electron chi connectivity index (χ1n) is 8.93. The molecule has 2 rings (SSSR count). The van der Waals surface area contributed by atoms with Gasteiger partial charge in [-0.05, 0) is 36.4 Å². The van der Waals surface area contributed by atoms with Crippen molar-refractivity contribution < 1.29 is 9.53 Å². The number of methoxy groups -OCH3 is 1. The molecule has 2 aromatic rings. The van der Waals surface area contributed by atoms with Crippen LogP contribution in [0.3, 0.4) is 0 Å². The van der Waals surface area contributed by atoms with Gasteiger partial charge >= 0.3 is 0 Å². The Balaban J connectivity index is 2.27. The van der Waals surface area contributed by atoms with E-state index in [2.05, 4.69) is 20.9 Å². The van der Waals surface area contributed by atoms with Crippen molar-refractivity contribution in [3.63, 3.8) is 0 Å². The molecule has 0 aliphatic heterocycles. The summed E-state index contributed by atoms with van der Waals surface area (Å²) in [7, 11) is 1.57. The van der Waals surface area contributed by atoms with Crippen molar-refractivity contribution in [3.05, 3.63) is 59.1 Å². The topological polar surface area (TPSA) is 98.5 Å². The second-order valence-electron chi connectivity index (χ2n) is 7.32. The van der Waals surface area contributed by atoms with Gasteiger partial charge in [0.1, 0.15) is 11.9 Å². The van der Waals surface area contributed by atoms with E-state index in [1.807, 2.05) is 45.2 Å². The minimum atomic E-state index is -0.611. The molecule has 0 saturated carbocycles. The monoisotopic (exact) mass is 413 g/mol. The lowest BCUT2D eigenvalue weighted by atomic mass is 9.92. The number of halogens is 1. The smallest absolute Gasteiger partial charge is 0.252 e. The van der Waals surface area contributed by atoms with Crippen molar-refractivity contribution in [1.29, 1.82) is 5.26 Å². The maximum atomic E-state index is 12.6. The summed E-state index contributed by atoms with van der Waals surface area (Å²) < 4.78 is 5.21. The average molecular weight is 414 g/mol. The normalized spacial score (nSPS) is 12.5. The lowest BCUT2D eigenvalue weighted by molar-refractivity contribution is 0.0906. The summed E-state index contributed by atoms with van der Waals surface area (Å²) in [5, 5.41) is 18.1. The Hall–Kier alpha value is -3.24. The second-order valence-corrected chi connectivity index (χ2v) is 7.76. The number of rotatable bonds is 5. The van der Waals surface area contributed by atoms with Crippen LogP contribution in [-0.4, -0.2) is 25.1 Å². The molecule has 0 aromatic heterocycles. The van der Waals surface area contributed by atoms with Crippen LogP contribution < -0.4 is 20.7 Å². The molecule has 29 heavy (non-hydrogen) atoms. The number of carbonyl (C=O) groups is 1. The van der Waals surface area contributed by atoms with Gasteiger partial charge in [0.25, 0.3) is 5.91 Å². The zero-order valence-electron chi connectivity index (χ0n) is 16.8. The summed E-state index contributed by atoms with van der Waals surface area (Å²) in [5.74, 6) is 0.579. The standard InChI is InChI=1S/C21H24ClN5O2/c1-21(2,3)19(26-18(28)14-8-10-15(22)11-9-14)27-20(24-13-23)25-16-6-5-7-17(12-16)29-4/h5-12,19H,1-4H3,(H,26,28)(H2,24,25,27). The third-order valence-electron chi connectivity index (χ3n) is 3.96. The van der Waals surface area contributed by atoms with E-state index in [0.29, 0.717) is 22.0 Å². The van der Waals surface area contributed by atoms with Gasteiger partial charge in [-0.1, -0.05) is 38.4 Å². The highest BCUT2D eigenvalue weighted by Crippen LogP contribution is 2.22. The zero-order valence-corrected chi connectivity index (χ0v) is 17.5. The summed E-state index contributed by atoms with van der Waals surface area (Å²) in [5.41, 5.74) is 0.734. The maximum Gasteiger partial charge on any atom is 0.252 e. The van der Waals surface area contributed by atoms with Gasteiger partial charge in [0.15, 0.2) is 6.19 Å². The number of ether oxygens (including phenoxy) is 1. The van der Waals surface area contributed by atoms with Gasteiger partial charge in [-0.25, -0.2) is 4.99 Å². The average Bonchev–Trinajstić information content (AvgIpc) is 2.67. The van der Waals surface area contributed by atoms with E-state index in [1.54, 1.807) is 37.4 Å². The number of nitriles is 1. The van der Waals surface area contributed by atoms with E-state index in [0.717, 1.165) is 0 Å². The van der Waals surface area contributed by atoms with Crippen molar-refractivity contribution in [2.45, 2.75) is 26.9 Å². The number of amides is 1. The minimum absolute atomic E-state index is 0.206. The van der Waals surface area contributed by atoms with E-state index in [4.69, 9.17) is 21.6 Å². The fourth-order valence-electron chi connectivity index (χ4n) is 2.37. The van der Waals surface area contributed by atoms with Crippen molar-refractivity contribution in [1.82, 2.24) is 10.6 Å². The van der Waals surface area contributed by atoms with Crippen molar-refractivity contribution >= 4 is 29.2 Å². The Morgan fingerprint density at radius 1 is 1.21 bits per heavy atom.